The summed E-state index contributed by atoms with van der Waals surface area (Å²) >= 11 is 0. The number of nitriles is 1. The van der Waals surface area contributed by atoms with E-state index in [0.29, 0.717) is 5.56 Å². The van der Waals surface area contributed by atoms with Gasteiger partial charge in [0.15, 0.2) is 0 Å². The minimum atomic E-state index is -0.260. The molecule has 1 aliphatic carbocycles. The molecule has 0 radical (unpaired) electrons. The van der Waals surface area contributed by atoms with E-state index in [9.17, 15) is 10.1 Å². The molecule has 0 spiro atoms. The molecule has 0 saturated carbocycles. The fourth-order valence-corrected chi connectivity index (χ4v) is 2.93. The van der Waals surface area contributed by atoms with E-state index in [0.717, 1.165) is 48.1 Å². The first-order chi connectivity index (χ1) is 9.70. The van der Waals surface area contributed by atoms with Crippen LogP contribution in [0, 0.1) is 18.3 Å². The highest BCUT2D eigenvalue weighted by Crippen LogP contribution is 2.30. The lowest BCUT2D eigenvalue weighted by Crippen LogP contribution is -2.20. The van der Waals surface area contributed by atoms with Crippen LogP contribution >= 0.6 is 0 Å². The highest BCUT2D eigenvalue weighted by atomic mass is 16.1. The number of H-pyrrole nitrogens is 1. The zero-order chi connectivity index (χ0) is 14.1. The second kappa shape index (κ2) is 4.97. The summed E-state index contributed by atoms with van der Waals surface area (Å²) in [6.07, 6.45) is 3.94. The summed E-state index contributed by atoms with van der Waals surface area (Å²) in [5.41, 5.74) is 5.26. The molecule has 0 fully saturated rings. The van der Waals surface area contributed by atoms with E-state index in [1.807, 2.05) is 31.2 Å². The van der Waals surface area contributed by atoms with Gasteiger partial charge in [-0.1, -0.05) is 29.8 Å². The van der Waals surface area contributed by atoms with Crippen molar-refractivity contribution in [3.05, 3.63) is 56.9 Å². The summed E-state index contributed by atoms with van der Waals surface area (Å²) in [6, 6.07) is 10.2. The number of aromatic amines is 1. The van der Waals surface area contributed by atoms with Gasteiger partial charge < -0.3 is 4.98 Å². The molecule has 3 nitrogen and oxygen atoms in total. The number of benzene rings is 1. The Morgan fingerprint density at radius 1 is 1.10 bits per heavy atom. The van der Waals surface area contributed by atoms with Crippen LogP contribution < -0.4 is 5.56 Å². The monoisotopic (exact) mass is 265 g/mol. The highest BCUT2D eigenvalue weighted by molar-refractivity contribution is 5.67. The second-order valence-electron chi connectivity index (χ2n) is 5.35. The first kappa shape index (κ1) is 12.7. The highest BCUT2D eigenvalue weighted by Gasteiger charge is 2.20. The van der Waals surface area contributed by atoms with E-state index in [-0.39, 0.29) is 5.56 Å². The van der Waals surface area contributed by atoms with Gasteiger partial charge in [-0.2, -0.15) is 5.26 Å². The van der Waals surface area contributed by atoms with Gasteiger partial charge in [-0.25, -0.2) is 0 Å². The van der Waals surface area contributed by atoms with E-state index in [1.165, 1.54) is 5.56 Å². The third-order valence-corrected chi connectivity index (χ3v) is 3.99. The number of hydrogen-bond donors (Lipinski definition) is 1. The molecule has 1 N–H and O–H groups in total. The maximum Gasteiger partial charge on any atom is 0.266 e. The minimum absolute atomic E-state index is 0.260. The van der Waals surface area contributed by atoms with Crippen molar-refractivity contribution in [2.75, 3.05) is 0 Å². The van der Waals surface area contributed by atoms with E-state index in [4.69, 9.17) is 0 Å². The summed E-state index contributed by atoms with van der Waals surface area (Å²) < 4.78 is 0. The Labute approximate surface area is 117 Å². The molecule has 0 aliphatic heterocycles. The smallest absolute Gasteiger partial charge is 0.266 e. The zero-order valence-corrected chi connectivity index (χ0v) is 11.5. The van der Waals surface area contributed by atoms with Gasteiger partial charge in [-0.05, 0) is 49.3 Å². The van der Waals surface area contributed by atoms with E-state index in [2.05, 4.69) is 11.1 Å². The lowest BCUT2D eigenvalue weighted by Gasteiger charge is -2.20. The Morgan fingerprint density at radius 2 is 1.75 bits per heavy atom. The molecule has 1 aromatic carbocycles. The molecule has 2 aromatic rings. The molecule has 3 rings (SSSR count). The lowest BCUT2D eigenvalue weighted by molar-refractivity contribution is 0.680. The third kappa shape index (κ3) is 2.04. The normalized spacial score (nSPS) is 13.6. The second-order valence-corrected chi connectivity index (χ2v) is 5.35. The van der Waals surface area contributed by atoms with Crippen LogP contribution in [0.25, 0.3) is 11.3 Å². The summed E-state index contributed by atoms with van der Waals surface area (Å²) in [5, 5.41) is 9.20. The number of aryl methyl sites for hydroxylation is 1. The predicted molar refractivity (Wildman–Crippen MR) is 78.6 cm³/mol. The molecule has 0 atom stereocenters. The number of nitrogens with zero attached hydrogens (tertiary/aromatic N) is 1. The summed E-state index contributed by atoms with van der Waals surface area (Å²) in [7, 11) is 0. The largest absolute Gasteiger partial charge is 0.321 e. The zero-order valence-electron chi connectivity index (χ0n) is 11.5. The SMILES string of the molecule is Cc1ccc(-c2[nH]c(=O)[13c](C#N)c3c2CCCC3)cc1. The van der Waals surface area contributed by atoms with Gasteiger partial charge in [0.1, 0.15) is 11.6 Å². The molecule has 20 heavy (non-hydrogen) atoms. The summed E-state index contributed by atoms with van der Waals surface area (Å²) in [6.45, 7) is 2.04. The standard InChI is InChI=1S/C17H16N2O/c1-11-6-8-12(9-7-11)16-14-5-3-2-4-13(14)15(10-18)17(20)19-16/h6-9H,2-5H2,1H3,(H,19,20)/i15+1. The maximum absolute atomic E-state index is 12.1. The molecular weight excluding hydrogens is 249 g/mol. The Bertz CT molecular complexity index is 748. The van der Waals surface area contributed by atoms with E-state index in [1.54, 1.807) is 0 Å². The Morgan fingerprint density at radius 3 is 2.40 bits per heavy atom. The molecule has 0 saturated heterocycles. The Hall–Kier alpha value is -2.34. The Kier molecular flexibility index (Phi) is 3.15. The first-order valence-electron chi connectivity index (χ1n) is 6.96. The number of hydrogen-bond acceptors (Lipinski definition) is 2. The molecule has 1 aliphatic rings. The first-order valence-corrected chi connectivity index (χ1v) is 6.96. The number of rotatable bonds is 1. The van der Waals surface area contributed by atoms with Crippen molar-refractivity contribution in [3.63, 3.8) is 0 Å². The van der Waals surface area contributed by atoms with Crippen LogP contribution in [-0.2, 0) is 12.8 Å². The van der Waals surface area contributed by atoms with Crippen LogP contribution in [0.3, 0.4) is 0 Å². The van der Waals surface area contributed by atoms with E-state index < -0.39 is 0 Å². The summed E-state index contributed by atoms with van der Waals surface area (Å²) in [5.74, 6) is 0. The maximum atomic E-state index is 12.1. The van der Waals surface area contributed by atoms with Crippen LogP contribution in [0.4, 0.5) is 0 Å². The van der Waals surface area contributed by atoms with Gasteiger partial charge in [-0.3, -0.25) is 4.79 Å². The quantitative estimate of drug-likeness (QED) is 0.861. The predicted octanol–water partition coefficient (Wildman–Crippen LogP) is 3.10. The Balaban J connectivity index is 2.27. The lowest BCUT2D eigenvalue weighted by atomic mass is 9.90. The molecule has 0 bridgehead atoms. The fraction of sp³-hybridized carbons (Fsp3) is 0.294. The number of aromatic nitrogens is 1. The molecular formula is C17H16N2O. The van der Waals surface area contributed by atoms with Gasteiger partial charge in [0, 0.05) is 0 Å². The van der Waals surface area contributed by atoms with E-state index >= 15 is 0 Å². The van der Waals surface area contributed by atoms with Crippen LogP contribution in [-0.4, -0.2) is 4.98 Å². The van der Waals surface area contributed by atoms with Crippen molar-refractivity contribution >= 4 is 0 Å². The number of fused-ring (bicyclic) bond motifs is 1. The van der Waals surface area contributed by atoms with Crippen molar-refractivity contribution in [2.45, 2.75) is 32.6 Å². The number of nitrogens with one attached hydrogen (secondary N) is 1. The summed E-state index contributed by atoms with van der Waals surface area (Å²) in [4.78, 5) is 15.0. The van der Waals surface area contributed by atoms with Gasteiger partial charge in [0.05, 0.1) is 5.69 Å². The van der Waals surface area contributed by atoms with Gasteiger partial charge in [0.25, 0.3) is 5.56 Å². The van der Waals surface area contributed by atoms with Crippen LogP contribution in [0.1, 0.15) is 35.1 Å². The van der Waals surface area contributed by atoms with Crippen molar-refractivity contribution in [1.82, 2.24) is 4.98 Å². The number of pyridine rings is 1. The van der Waals surface area contributed by atoms with Crippen LogP contribution in [0.5, 0.6) is 0 Å². The van der Waals surface area contributed by atoms with Gasteiger partial charge in [-0.15, -0.1) is 0 Å². The molecule has 0 amide bonds. The van der Waals surface area contributed by atoms with Crippen molar-refractivity contribution in [2.24, 2.45) is 0 Å². The average molecular weight is 265 g/mol. The fourth-order valence-electron chi connectivity index (χ4n) is 2.93. The average Bonchev–Trinajstić information content (AvgIpc) is 2.47. The topological polar surface area (TPSA) is 56.6 Å². The molecule has 100 valence electrons. The molecule has 0 unspecified atom stereocenters. The minimum Gasteiger partial charge on any atom is -0.321 e. The van der Waals surface area contributed by atoms with Crippen LogP contribution in [0.15, 0.2) is 29.1 Å². The molecule has 3 heteroatoms. The third-order valence-electron chi connectivity index (χ3n) is 3.99. The van der Waals surface area contributed by atoms with Gasteiger partial charge in [0.2, 0.25) is 0 Å². The molecule has 1 aromatic heterocycles. The molecule has 1 heterocycles. The van der Waals surface area contributed by atoms with Crippen LogP contribution in [0.2, 0.25) is 0 Å². The van der Waals surface area contributed by atoms with Crippen molar-refractivity contribution in [1.29, 1.82) is 5.26 Å². The van der Waals surface area contributed by atoms with Crippen molar-refractivity contribution in [3.8, 4) is 17.3 Å². The van der Waals surface area contributed by atoms with Crippen molar-refractivity contribution < 1.29 is 0 Å². The van der Waals surface area contributed by atoms with Gasteiger partial charge >= 0.3 is 0 Å².